The molecule has 0 spiro atoms. The van der Waals surface area contributed by atoms with Gasteiger partial charge in [0.15, 0.2) is 0 Å². The van der Waals surface area contributed by atoms with E-state index in [1.165, 1.54) is 12.5 Å². The monoisotopic (exact) mass is 649 g/mol. The summed E-state index contributed by atoms with van der Waals surface area (Å²) in [5.41, 5.74) is 6.87. The molecule has 2 aromatic carbocycles. The van der Waals surface area contributed by atoms with Gasteiger partial charge in [0.1, 0.15) is 18.1 Å². The highest BCUT2D eigenvalue weighted by Crippen LogP contribution is 2.17. The highest BCUT2D eigenvalue weighted by Gasteiger charge is 2.36. The van der Waals surface area contributed by atoms with E-state index in [0.717, 1.165) is 16.3 Å². The van der Waals surface area contributed by atoms with Crippen LogP contribution in [0.2, 0.25) is 0 Å². The van der Waals surface area contributed by atoms with Crippen LogP contribution in [-0.2, 0) is 36.8 Å². The SMILES string of the molecule is CC[C@H](C)C(NC(=O)[C@H](CC(C)C)NC(=O)O)C(=O)C(=O)NC(Cc1cnc[nH]1)C(=O)NC(Cc1ccc2ccccc2c1)C(N)=O. The van der Waals surface area contributed by atoms with Gasteiger partial charge < -0.3 is 37.1 Å². The number of H-pyrrole nitrogens is 1. The van der Waals surface area contributed by atoms with Gasteiger partial charge in [-0.15, -0.1) is 0 Å². The third-order valence-corrected chi connectivity index (χ3v) is 7.85. The molecule has 0 bridgehead atoms. The third kappa shape index (κ3) is 10.7. The molecule has 3 unspecified atom stereocenters. The Morgan fingerprint density at radius 1 is 0.851 bits per heavy atom. The lowest BCUT2D eigenvalue weighted by atomic mass is 9.93. The minimum Gasteiger partial charge on any atom is -0.465 e. The number of hydrogen-bond donors (Lipinski definition) is 7. The zero-order chi connectivity index (χ0) is 34.7. The minimum atomic E-state index is -1.41. The van der Waals surface area contributed by atoms with Crippen molar-refractivity contribution in [3.8, 4) is 0 Å². The molecule has 14 nitrogen and oxygen atoms in total. The molecule has 8 N–H and O–H groups in total. The molecule has 0 radical (unpaired) electrons. The van der Waals surface area contributed by atoms with Gasteiger partial charge in [-0.2, -0.15) is 0 Å². The van der Waals surface area contributed by atoms with Crippen LogP contribution < -0.4 is 27.0 Å². The van der Waals surface area contributed by atoms with Crippen LogP contribution >= 0.6 is 0 Å². The summed E-state index contributed by atoms with van der Waals surface area (Å²) in [5.74, 6) is -5.04. The molecule has 14 heteroatoms. The Bertz CT molecular complexity index is 1570. The Kier molecular flexibility index (Phi) is 13.0. The normalized spacial score (nSPS) is 14.3. The van der Waals surface area contributed by atoms with E-state index >= 15 is 0 Å². The van der Waals surface area contributed by atoms with Crippen molar-refractivity contribution < 1.29 is 33.9 Å². The molecule has 3 aromatic rings. The highest BCUT2D eigenvalue weighted by molar-refractivity contribution is 6.39. The highest BCUT2D eigenvalue weighted by atomic mass is 16.4. The minimum absolute atomic E-state index is 0.0501. The number of ketones is 1. The maximum absolute atomic E-state index is 13.6. The molecule has 0 saturated heterocycles. The van der Waals surface area contributed by atoms with E-state index in [-0.39, 0.29) is 25.2 Å². The van der Waals surface area contributed by atoms with Crippen molar-refractivity contribution in [2.45, 2.75) is 77.5 Å². The zero-order valence-electron chi connectivity index (χ0n) is 26.9. The summed E-state index contributed by atoms with van der Waals surface area (Å²) in [6.07, 6.45) is 1.97. The van der Waals surface area contributed by atoms with E-state index in [0.29, 0.717) is 12.1 Å². The second-order valence-electron chi connectivity index (χ2n) is 12.0. The van der Waals surface area contributed by atoms with Crippen molar-refractivity contribution in [1.82, 2.24) is 31.2 Å². The Morgan fingerprint density at radius 3 is 2.13 bits per heavy atom. The maximum atomic E-state index is 13.6. The van der Waals surface area contributed by atoms with Crippen molar-refractivity contribution in [2.75, 3.05) is 0 Å². The molecular formula is C33H43N7O7. The molecule has 5 amide bonds. The Morgan fingerprint density at radius 2 is 1.53 bits per heavy atom. The summed E-state index contributed by atoms with van der Waals surface area (Å²) >= 11 is 0. The number of nitrogens with zero attached hydrogens (tertiary/aromatic N) is 1. The van der Waals surface area contributed by atoms with Gasteiger partial charge in [-0.05, 0) is 34.6 Å². The van der Waals surface area contributed by atoms with Crippen molar-refractivity contribution in [1.29, 1.82) is 0 Å². The molecule has 0 fully saturated rings. The smallest absolute Gasteiger partial charge is 0.405 e. The number of nitrogens with two attached hydrogens (primary N) is 1. The molecule has 47 heavy (non-hydrogen) atoms. The van der Waals surface area contributed by atoms with E-state index < -0.39 is 65.6 Å². The number of primary amides is 1. The van der Waals surface area contributed by atoms with Crippen LogP contribution in [0.1, 0.15) is 51.8 Å². The number of nitrogens with one attached hydrogen (secondary N) is 5. The average molecular weight is 650 g/mol. The average Bonchev–Trinajstić information content (AvgIpc) is 3.54. The maximum Gasteiger partial charge on any atom is 0.405 e. The predicted octanol–water partition coefficient (Wildman–Crippen LogP) is 1.59. The first kappa shape index (κ1) is 36.2. The van der Waals surface area contributed by atoms with E-state index in [1.807, 2.05) is 56.3 Å². The third-order valence-electron chi connectivity index (χ3n) is 7.85. The number of aromatic nitrogens is 2. The molecule has 1 aromatic heterocycles. The van der Waals surface area contributed by atoms with Gasteiger partial charge >= 0.3 is 6.09 Å². The molecule has 0 aliphatic carbocycles. The fourth-order valence-electron chi connectivity index (χ4n) is 5.10. The second-order valence-corrected chi connectivity index (χ2v) is 12.0. The lowest BCUT2D eigenvalue weighted by Crippen LogP contribution is -2.59. The summed E-state index contributed by atoms with van der Waals surface area (Å²) in [6.45, 7) is 7.05. The molecule has 0 aliphatic rings. The van der Waals surface area contributed by atoms with Gasteiger partial charge in [-0.3, -0.25) is 24.0 Å². The number of fused-ring (bicyclic) bond motifs is 1. The fourth-order valence-corrected chi connectivity index (χ4v) is 5.10. The summed E-state index contributed by atoms with van der Waals surface area (Å²) in [7, 11) is 0. The largest absolute Gasteiger partial charge is 0.465 e. The molecule has 0 saturated carbocycles. The number of carboxylic acid groups (broad SMARTS) is 1. The van der Waals surface area contributed by atoms with E-state index in [1.54, 1.807) is 13.8 Å². The van der Waals surface area contributed by atoms with E-state index in [4.69, 9.17) is 5.73 Å². The quantitative estimate of drug-likeness (QED) is 0.106. The summed E-state index contributed by atoms with van der Waals surface area (Å²) in [5, 5.41) is 20.9. The van der Waals surface area contributed by atoms with Crippen molar-refractivity contribution in [3.05, 3.63) is 66.2 Å². The van der Waals surface area contributed by atoms with Crippen LogP contribution in [0.5, 0.6) is 0 Å². The van der Waals surface area contributed by atoms with Crippen LogP contribution in [0, 0.1) is 11.8 Å². The van der Waals surface area contributed by atoms with Gasteiger partial charge in [0, 0.05) is 24.7 Å². The van der Waals surface area contributed by atoms with Crippen LogP contribution in [0.3, 0.4) is 0 Å². The van der Waals surface area contributed by atoms with Gasteiger partial charge in [0.05, 0.1) is 12.4 Å². The lowest BCUT2D eigenvalue weighted by Gasteiger charge is -2.27. The number of rotatable bonds is 17. The lowest BCUT2D eigenvalue weighted by molar-refractivity contribution is -0.142. The van der Waals surface area contributed by atoms with Crippen LogP contribution in [0.4, 0.5) is 4.79 Å². The number of carbonyl (C=O) groups is 6. The van der Waals surface area contributed by atoms with E-state index in [9.17, 15) is 33.9 Å². The van der Waals surface area contributed by atoms with Crippen molar-refractivity contribution >= 4 is 46.3 Å². The number of benzene rings is 2. The standard InChI is InChI=1S/C33H43N7O7/c1-5-19(4)27(40-31(44)25(12-18(2)3)39-33(46)47)28(41)32(45)38-26(15-23-16-35-17-36-23)30(43)37-24(29(34)42)14-20-10-11-21-8-6-7-9-22(21)13-20/h6-11,13,16-19,24-27,39H,5,12,14-15H2,1-4H3,(H2,34,42)(H,35,36)(H,37,43)(H,38,45)(H,40,44)(H,46,47)/t19-,24?,25-,26?,27?/m0/s1. The van der Waals surface area contributed by atoms with Crippen molar-refractivity contribution in [2.24, 2.45) is 17.6 Å². The van der Waals surface area contributed by atoms with E-state index in [2.05, 4.69) is 31.2 Å². The molecule has 252 valence electrons. The number of hydrogen-bond acceptors (Lipinski definition) is 7. The first-order chi connectivity index (χ1) is 22.3. The summed E-state index contributed by atoms with van der Waals surface area (Å²) in [6, 6.07) is 8.36. The topological polar surface area (TPSA) is 225 Å². The number of aromatic amines is 1. The molecule has 0 aliphatic heterocycles. The zero-order valence-corrected chi connectivity index (χ0v) is 26.9. The Labute approximate surface area is 272 Å². The van der Waals surface area contributed by atoms with Crippen LogP contribution in [0.15, 0.2) is 55.0 Å². The first-order valence-electron chi connectivity index (χ1n) is 15.5. The van der Waals surface area contributed by atoms with Gasteiger partial charge in [-0.1, -0.05) is 76.6 Å². The van der Waals surface area contributed by atoms with Gasteiger partial charge in [0.2, 0.25) is 23.5 Å². The number of Topliss-reactive ketones (excluding diaryl/α,β-unsaturated/α-hetero) is 1. The summed E-state index contributed by atoms with van der Waals surface area (Å²) in [4.78, 5) is 84.0. The molecule has 1 heterocycles. The molecular weight excluding hydrogens is 606 g/mol. The Balaban J connectivity index is 1.80. The summed E-state index contributed by atoms with van der Waals surface area (Å²) < 4.78 is 0. The van der Waals surface area contributed by atoms with Crippen molar-refractivity contribution in [3.63, 3.8) is 0 Å². The second kappa shape index (κ2) is 16.9. The van der Waals surface area contributed by atoms with Gasteiger partial charge in [-0.25, -0.2) is 9.78 Å². The van der Waals surface area contributed by atoms with Gasteiger partial charge in [0.25, 0.3) is 5.91 Å². The molecule has 3 rings (SSSR count). The van der Waals surface area contributed by atoms with Crippen LogP contribution in [0.25, 0.3) is 10.8 Å². The predicted molar refractivity (Wildman–Crippen MR) is 174 cm³/mol. The Hall–Kier alpha value is -5.27. The molecule has 5 atom stereocenters. The number of carbonyl (C=O) groups excluding carboxylic acids is 5. The number of imidazole rings is 1. The van der Waals surface area contributed by atoms with Crippen LogP contribution in [-0.4, -0.2) is 74.7 Å². The fraction of sp³-hybridized carbons (Fsp3) is 0.424. The first-order valence-corrected chi connectivity index (χ1v) is 15.5. The number of amides is 5.